The van der Waals surface area contributed by atoms with Crippen LogP contribution in [-0.4, -0.2) is 32.8 Å². The number of amides is 1. The molecule has 0 saturated carbocycles. The molecular weight excluding hydrogens is 404 g/mol. The Labute approximate surface area is 186 Å². The molecule has 4 aromatic rings. The van der Waals surface area contributed by atoms with E-state index in [9.17, 15) is 4.79 Å². The summed E-state index contributed by atoms with van der Waals surface area (Å²) in [6, 6.07) is 17.2. The first-order valence-electron chi connectivity index (χ1n) is 10.1. The van der Waals surface area contributed by atoms with E-state index in [1.165, 1.54) is 0 Å². The molecule has 4 rings (SSSR count). The van der Waals surface area contributed by atoms with E-state index in [4.69, 9.17) is 9.84 Å². The zero-order valence-electron chi connectivity index (χ0n) is 18.4. The Balaban J connectivity index is 1.69. The molecule has 0 atom stereocenters. The third kappa shape index (κ3) is 4.59. The van der Waals surface area contributed by atoms with Gasteiger partial charge in [0, 0.05) is 23.1 Å². The molecule has 8 heteroatoms. The van der Waals surface area contributed by atoms with Gasteiger partial charge >= 0.3 is 0 Å². The second kappa shape index (κ2) is 8.89. The number of aryl methyl sites for hydroxylation is 3. The lowest BCUT2D eigenvalue weighted by molar-refractivity contribution is 0.0963. The fraction of sp³-hybridized carbons (Fsp3) is 0.167. The largest absolute Gasteiger partial charge is 0.497 e. The number of anilines is 1. The first-order chi connectivity index (χ1) is 15.4. The van der Waals surface area contributed by atoms with E-state index in [2.05, 4.69) is 20.8 Å². The maximum atomic E-state index is 13.1. The van der Waals surface area contributed by atoms with Gasteiger partial charge in [0.1, 0.15) is 11.4 Å². The zero-order valence-corrected chi connectivity index (χ0v) is 18.4. The van der Waals surface area contributed by atoms with Gasteiger partial charge in [0.2, 0.25) is 5.95 Å². The number of aromatic nitrogens is 4. The Morgan fingerprint density at radius 3 is 2.38 bits per heavy atom. The van der Waals surface area contributed by atoms with E-state index >= 15 is 0 Å². The van der Waals surface area contributed by atoms with Gasteiger partial charge in [-0.05, 0) is 51.1 Å². The van der Waals surface area contributed by atoms with Crippen LogP contribution in [0.5, 0.6) is 5.75 Å². The van der Waals surface area contributed by atoms with Crippen LogP contribution in [-0.2, 0) is 0 Å². The smallest absolute Gasteiger partial charge is 0.273 e. The summed E-state index contributed by atoms with van der Waals surface area (Å²) in [4.78, 5) is 21.7. The van der Waals surface area contributed by atoms with Crippen LogP contribution in [0.25, 0.3) is 16.9 Å². The summed E-state index contributed by atoms with van der Waals surface area (Å²) in [5, 5.41) is 4.70. The molecule has 0 aliphatic heterocycles. The average Bonchev–Trinajstić information content (AvgIpc) is 3.23. The van der Waals surface area contributed by atoms with Crippen LogP contribution in [0.1, 0.15) is 27.3 Å². The number of carbonyl (C=O) groups excluding carboxylic acids is 1. The standard InChI is InChI=1S/C24H24N6O2/c1-15-8-10-19(11-9-15)30-14-21(22(29-30)18-6-5-7-20(13-18)32-4)23(31)27-28-24-25-16(2)12-17(3)26-24/h5-14H,1-4H3,(H,27,31)(H,25,26,28). The van der Waals surface area contributed by atoms with Crippen molar-refractivity contribution >= 4 is 11.9 Å². The van der Waals surface area contributed by atoms with Gasteiger partial charge < -0.3 is 4.74 Å². The molecule has 0 spiro atoms. The summed E-state index contributed by atoms with van der Waals surface area (Å²) in [5.74, 6) is 0.647. The van der Waals surface area contributed by atoms with Crippen molar-refractivity contribution in [1.29, 1.82) is 0 Å². The van der Waals surface area contributed by atoms with Crippen molar-refractivity contribution in [2.45, 2.75) is 20.8 Å². The molecule has 0 aliphatic rings. The number of ether oxygens (including phenoxy) is 1. The molecule has 162 valence electrons. The van der Waals surface area contributed by atoms with Crippen LogP contribution >= 0.6 is 0 Å². The molecule has 0 unspecified atom stereocenters. The topological polar surface area (TPSA) is 94.0 Å². The number of carbonyl (C=O) groups is 1. The van der Waals surface area contributed by atoms with Gasteiger partial charge in [-0.2, -0.15) is 5.10 Å². The van der Waals surface area contributed by atoms with Crippen LogP contribution in [0.4, 0.5) is 5.95 Å². The lowest BCUT2D eigenvalue weighted by Crippen LogP contribution is -2.30. The van der Waals surface area contributed by atoms with Gasteiger partial charge in [0.05, 0.1) is 18.4 Å². The monoisotopic (exact) mass is 428 g/mol. The summed E-state index contributed by atoms with van der Waals surface area (Å²) >= 11 is 0. The summed E-state index contributed by atoms with van der Waals surface area (Å²) in [6.45, 7) is 5.76. The molecule has 0 bridgehead atoms. The molecule has 0 aliphatic carbocycles. The molecule has 0 saturated heterocycles. The highest BCUT2D eigenvalue weighted by molar-refractivity contribution is 6.00. The first-order valence-corrected chi connectivity index (χ1v) is 10.1. The number of benzene rings is 2. The highest BCUT2D eigenvalue weighted by Crippen LogP contribution is 2.27. The van der Waals surface area contributed by atoms with Crippen LogP contribution in [0.3, 0.4) is 0 Å². The van der Waals surface area contributed by atoms with Crippen molar-refractivity contribution in [2.75, 3.05) is 12.5 Å². The minimum absolute atomic E-state index is 0.324. The fourth-order valence-corrected chi connectivity index (χ4v) is 3.32. The number of methoxy groups -OCH3 is 1. The minimum atomic E-state index is -0.357. The average molecular weight is 428 g/mol. The second-order valence-corrected chi connectivity index (χ2v) is 7.46. The third-order valence-corrected chi connectivity index (χ3v) is 4.87. The fourth-order valence-electron chi connectivity index (χ4n) is 3.32. The number of rotatable bonds is 6. The predicted molar refractivity (Wildman–Crippen MR) is 123 cm³/mol. The molecule has 0 fully saturated rings. The molecule has 0 radical (unpaired) electrons. The lowest BCUT2D eigenvalue weighted by atomic mass is 10.1. The summed E-state index contributed by atoms with van der Waals surface area (Å²) in [7, 11) is 1.60. The van der Waals surface area contributed by atoms with Crippen molar-refractivity contribution in [1.82, 2.24) is 25.2 Å². The van der Waals surface area contributed by atoms with Gasteiger partial charge in [-0.1, -0.05) is 29.8 Å². The summed E-state index contributed by atoms with van der Waals surface area (Å²) in [5.41, 5.74) is 10.8. The molecule has 2 aromatic carbocycles. The number of hydrogen-bond donors (Lipinski definition) is 2. The van der Waals surface area contributed by atoms with Crippen molar-refractivity contribution in [3.05, 3.63) is 83.3 Å². The van der Waals surface area contributed by atoms with Gasteiger partial charge in [-0.3, -0.25) is 15.6 Å². The maximum Gasteiger partial charge on any atom is 0.273 e. The lowest BCUT2D eigenvalue weighted by Gasteiger charge is -2.08. The molecule has 2 heterocycles. The molecule has 32 heavy (non-hydrogen) atoms. The molecule has 8 nitrogen and oxygen atoms in total. The predicted octanol–water partition coefficient (Wildman–Crippen LogP) is 4.02. The van der Waals surface area contributed by atoms with E-state index in [0.717, 1.165) is 28.2 Å². The number of nitrogens with one attached hydrogen (secondary N) is 2. The van der Waals surface area contributed by atoms with Gasteiger partial charge in [0.25, 0.3) is 5.91 Å². The summed E-state index contributed by atoms with van der Waals surface area (Å²) in [6.07, 6.45) is 1.71. The first kappa shape index (κ1) is 21.0. The maximum absolute atomic E-state index is 13.1. The van der Waals surface area contributed by atoms with Crippen molar-refractivity contribution in [3.63, 3.8) is 0 Å². The van der Waals surface area contributed by atoms with E-state index in [1.54, 1.807) is 18.0 Å². The molecular formula is C24H24N6O2. The normalized spacial score (nSPS) is 10.6. The summed E-state index contributed by atoms with van der Waals surface area (Å²) < 4.78 is 7.04. The highest BCUT2D eigenvalue weighted by Gasteiger charge is 2.19. The van der Waals surface area contributed by atoms with Crippen molar-refractivity contribution < 1.29 is 9.53 Å². The Morgan fingerprint density at radius 1 is 0.969 bits per heavy atom. The minimum Gasteiger partial charge on any atom is -0.497 e. The van der Waals surface area contributed by atoms with Gasteiger partial charge in [-0.15, -0.1) is 0 Å². The highest BCUT2D eigenvalue weighted by atomic mass is 16.5. The number of nitrogens with zero attached hydrogens (tertiary/aromatic N) is 4. The third-order valence-electron chi connectivity index (χ3n) is 4.87. The van der Waals surface area contributed by atoms with E-state index in [1.807, 2.05) is 75.4 Å². The molecule has 1 amide bonds. The van der Waals surface area contributed by atoms with Crippen molar-refractivity contribution in [3.8, 4) is 22.7 Å². The number of hydrogen-bond acceptors (Lipinski definition) is 6. The van der Waals surface area contributed by atoms with E-state index in [-0.39, 0.29) is 5.91 Å². The second-order valence-electron chi connectivity index (χ2n) is 7.46. The Kier molecular flexibility index (Phi) is 5.85. The number of hydrazine groups is 1. The quantitative estimate of drug-likeness (QED) is 0.451. The Bertz CT molecular complexity index is 1240. The van der Waals surface area contributed by atoms with Gasteiger partial charge in [0.15, 0.2) is 0 Å². The zero-order chi connectivity index (χ0) is 22.7. The van der Waals surface area contributed by atoms with Crippen molar-refractivity contribution in [2.24, 2.45) is 0 Å². The molecule has 2 N–H and O–H groups in total. The van der Waals surface area contributed by atoms with Crippen LogP contribution in [0.15, 0.2) is 60.8 Å². The van der Waals surface area contributed by atoms with E-state index in [0.29, 0.717) is 23.0 Å². The molecule has 2 aromatic heterocycles. The Morgan fingerprint density at radius 2 is 1.69 bits per heavy atom. The SMILES string of the molecule is COc1cccc(-c2nn(-c3ccc(C)cc3)cc2C(=O)NNc2nc(C)cc(C)n2)c1. The van der Waals surface area contributed by atoms with Gasteiger partial charge in [-0.25, -0.2) is 14.6 Å². The van der Waals surface area contributed by atoms with Crippen LogP contribution in [0, 0.1) is 20.8 Å². The van der Waals surface area contributed by atoms with Crippen LogP contribution < -0.4 is 15.6 Å². The Hall–Kier alpha value is -4.20. The van der Waals surface area contributed by atoms with E-state index < -0.39 is 0 Å². The van der Waals surface area contributed by atoms with Crippen LogP contribution in [0.2, 0.25) is 0 Å².